The van der Waals surface area contributed by atoms with E-state index in [-0.39, 0.29) is 55.6 Å². The number of oxime groups is 2. The van der Waals surface area contributed by atoms with Crippen LogP contribution in [0.25, 0.3) is 0 Å². The fourth-order valence-corrected chi connectivity index (χ4v) is 12.0. The van der Waals surface area contributed by atoms with Gasteiger partial charge >= 0.3 is 0 Å². The molecule has 0 radical (unpaired) electrons. The molecule has 13 nitrogen and oxygen atoms in total. The molecule has 75 heavy (non-hydrogen) atoms. The van der Waals surface area contributed by atoms with Crippen LogP contribution in [0.4, 0.5) is 0 Å². The summed E-state index contributed by atoms with van der Waals surface area (Å²) in [6.07, 6.45) is 0.0242. The van der Waals surface area contributed by atoms with Crippen molar-refractivity contribution in [1.82, 2.24) is 10.6 Å². The number of nitrogens with one attached hydrogen (secondary N) is 2. The molecule has 4 aliphatic heterocycles. The van der Waals surface area contributed by atoms with Crippen LogP contribution in [0.15, 0.2) is 148 Å². The average Bonchev–Trinajstić information content (AvgIpc) is 3.36. The van der Waals surface area contributed by atoms with E-state index in [4.69, 9.17) is 33.0 Å². The largest absolute Gasteiger partial charge is 0.492 e. The Balaban J connectivity index is 1.30. The van der Waals surface area contributed by atoms with Crippen LogP contribution >= 0.6 is 79.6 Å². The molecule has 0 unspecified atom stereocenters. The summed E-state index contributed by atoms with van der Waals surface area (Å²) >= 11 is 18.7. The molecule has 1 atom stereocenters. The zero-order valence-corrected chi connectivity index (χ0v) is 51.4. The normalized spacial score (nSPS) is 16.0. The number of hydrogen-bond donors (Lipinski definition) is 2. The third-order valence-electron chi connectivity index (χ3n) is 12.5. The molecule has 0 spiro atoms. The summed E-state index contributed by atoms with van der Waals surface area (Å²) in [4.78, 5) is 40.3. The molecule has 0 saturated heterocycles. The number of rotatable bonds is 10. The molecule has 6 aromatic rings. The molecular weight excluding hydrogens is 1300 g/mol. The Morgan fingerprint density at radius 1 is 0.600 bits per heavy atom. The molecule has 0 aromatic heterocycles. The van der Waals surface area contributed by atoms with Gasteiger partial charge in [-0.05, 0) is 186 Å². The van der Waals surface area contributed by atoms with Gasteiger partial charge in [-0.25, -0.2) is 0 Å². The average molecular weight is 1360 g/mol. The third kappa shape index (κ3) is 15.6. The number of ether oxygens (including phenoxy) is 4. The summed E-state index contributed by atoms with van der Waals surface area (Å²) in [5, 5.41) is 14.9. The predicted molar refractivity (Wildman–Crippen MR) is 313 cm³/mol. The standard InChI is InChI=1S/C56H57Br5N4O9Si/c1-56(2,3)75(6,7)74-50-31-63-55(67)46(65-71-33-35-16-12-9-13-17-35)26-38-24-42(59)52(68-4)48(28-38)72-47-19-18-36(22-40(47)57)25-45(64-70-32-34-14-10-8-11-15-34)54(66)62-21-20-37-23-41(58)53(69-5)49(27-37)73-51-43(60)29-39(50)30-44(51)61/h8-19,22-24,27-30,50H,20-21,25-26,31-33H2,1-7H3,(H,62,66)(H,63,67)/b64-45+,65-46+/t50-/m1/s1. The highest BCUT2D eigenvalue weighted by molar-refractivity contribution is 9.11. The highest BCUT2D eigenvalue weighted by Gasteiger charge is 2.40. The SMILES string of the molecule is COc1c(Br)cc2cc1Oc1ccc(cc1Br)C/C(=N\OCc1ccccc1)C(=O)NCCc1cc(Br)c(OC)c(c1)Oc1c(Br)cc(cc1Br)[C@H](O[Si](C)(C)C(C)(C)C)CNC(=O)/C(=N/OCc1ccccc1)C2. The summed E-state index contributed by atoms with van der Waals surface area (Å²) in [5.41, 5.74) is 5.14. The van der Waals surface area contributed by atoms with E-state index in [1.54, 1.807) is 26.4 Å². The second kappa shape index (κ2) is 26.4. The van der Waals surface area contributed by atoms with E-state index in [1.165, 1.54) is 0 Å². The molecule has 0 fully saturated rings. The minimum atomic E-state index is -2.47. The van der Waals surface area contributed by atoms with Crippen molar-refractivity contribution < 1.29 is 42.6 Å². The summed E-state index contributed by atoms with van der Waals surface area (Å²) in [6, 6.07) is 36.0. The van der Waals surface area contributed by atoms with Gasteiger partial charge in [-0.1, -0.05) is 97.8 Å². The second-order valence-electron chi connectivity index (χ2n) is 19.0. The van der Waals surface area contributed by atoms with Gasteiger partial charge < -0.3 is 43.7 Å². The number of carbonyl (C=O) groups is 2. The first-order valence-corrected chi connectivity index (χ1v) is 30.7. The zero-order valence-electron chi connectivity index (χ0n) is 42.5. The first-order chi connectivity index (χ1) is 35.8. The van der Waals surface area contributed by atoms with Gasteiger partial charge in [0.05, 0.1) is 42.7 Å². The highest BCUT2D eigenvalue weighted by Crippen LogP contribution is 2.46. The van der Waals surface area contributed by atoms with Gasteiger partial charge in [-0.3, -0.25) is 9.59 Å². The Morgan fingerprint density at radius 3 is 1.65 bits per heavy atom. The maximum atomic E-state index is 14.6. The first-order valence-electron chi connectivity index (χ1n) is 23.9. The molecule has 0 aliphatic carbocycles. The van der Waals surface area contributed by atoms with Crippen molar-refractivity contribution in [3.05, 3.63) is 171 Å². The number of amides is 2. The smallest absolute Gasteiger partial charge is 0.269 e. The van der Waals surface area contributed by atoms with E-state index in [0.29, 0.717) is 68.8 Å². The van der Waals surface area contributed by atoms with Crippen LogP contribution in [-0.2, 0) is 56.2 Å². The Hall–Kier alpha value is -5.02. The van der Waals surface area contributed by atoms with Gasteiger partial charge in [0.15, 0.2) is 37.1 Å². The number of hydrogen-bond acceptors (Lipinski definition) is 11. The van der Waals surface area contributed by atoms with Crippen molar-refractivity contribution in [1.29, 1.82) is 0 Å². The van der Waals surface area contributed by atoms with Crippen LogP contribution in [0, 0.1) is 0 Å². The molecule has 4 heterocycles. The van der Waals surface area contributed by atoms with Crippen molar-refractivity contribution >= 4 is 111 Å². The van der Waals surface area contributed by atoms with Gasteiger partial charge in [-0.2, -0.15) is 0 Å². The van der Waals surface area contributed by atoms with Crippen LogP contribution in [0.5, 0.6) is 34.5 Å². The fraction of sp³-hybridized carbons (Fsp3) is 0.286. The van der Waals surface area contributed by atoms with Crippen LogP contribution in [0.2, 0.25) is 18.1 Å². The lowest BCUT2D eigenvalue weighted by Crippen LogP contribution is -2.44. The Bertz CT molecular complexity index is 3040. The fourth-order valence-electron chi connectivity index (χ4n) is 7.55. The lowest BCUT2D eigenvalue weighted by Gasteiger charge is -2.39. The van der Waals surface area contributed by atoms with Gasteiger partial charge in [0.1, 0.15) is 30.4 Å². The van der Waals surface area contributed by atoms with Crippen LogP contribution < -0.4 is 29.6 Å². The molecule has 8 bridgehead atoms. The molecule has 0 saturated carbocycles. The summed E-state index contributed by atoms with van der Waals surface area (Å²) < 4.78 is 35.1. The molecule has 6 aromatic carbocycles. The summed E-state index contributed by atoms with van der Waals surface area (Å²) in [5.74, 6) is 1.80. The van der Waals surface area contributed by atoms with E-state index in [1.807, 2.05) is 103 Å². The number of nitrogens with zero attached hydrogens (tertiary/aromatic N) is 2. The van der Waals surface area contributed by atoms with E-state index >= 15 is 0 Å². The van der Waals surface area contributed by atoms with Gasteiger partial charge in [0.2, 0.25) is 0 Å². The minimum absolute atomic E-state index is 0.0495. The Labute approximate surface area is 481 Å². The van der Waals surface area contributed by atoms with Crippen molar-refractivity contribution in [3.63, 3.8) is 0 Å². The molecule has 19 heteroatoms. The number of carbonyl (C=O) groups excluding carboxylic acids is 2. The molecule has 10 rings (SSSR count). The Morgan fingerprint density at radius 2 is 1.11 bits per heavy atom. The number of halogens is 5. The van der Waals surface area contributed by atoms with Crippen molar-refractivity contribution in [2.24, 2.45) is 10.3 Å². The van der Waals surface area contributed by atoms with Gasteiger partial charge in [0.25, 0.3) is 11.8 Å². The van der Waals surface area contributed by atoms with Crippen LogP contribution in [0.1, 0.15) is 60.3 Å². The van der Waals surface area contributed by atoms with Gasteiger partial charge in [-0.15, -0.1) is 0 Å². The second-order valence-corrected chi connectivity index (χ2v) is 28.1. The van der Waals surface area contributed by atoms with Crippen LogP contribution in [-0.4, -0.2) is 58.9 Å². The summed E-state index contributed by atoms with van der Waals surface area (Å²) in [6.45, 7) is 11.5. The van der Waals surface area contributed by atoms with Crippen molar-refractivity contribution in [2.75, 3.05) is 27.3 Å². The molecule has 394 valence electrons. The predicted octanol–water partition coefficient (Wildman–Crippen LogP) is 14.9. The van der Waals surface area contributed by atoms with E-state index in [0.717, 1.165) is 27.8 Å². The number of methoxy groups -OCH3 is 2. The highest BCUT2D eigenvalue weighted by atomic mass is 79.9. The minimum Gasteiger partial charge on any atom is -0.492 e. The van der Waals surface area contributed by atoms with E-state index in [2.05, 4.69) is 134 Å². The van der Waals surface area contributed by atoms with Crippen molar-refractivity contribution in [2.45, 2.75) is 77.5 Å². The Kier molecular flexibility index (Phi) is 20.3. The number of benzene rings is 6. The molecule has 4 aliphatic rings. The quantitative estimate of drug-likeness (QED) is 0.101. The molecule has 2 amide bonds. The lowest BCUT2D eigenvalue weighted by atomic mass is 10.1. The monoisotopic (exact) mass is 1350 g/mol. The first kappa shape index (κ1) is 57.7. The zero-order chi connectivity index (χ0) is 53.9. The van der Waals surface area contributed by atoms with E-state index in [9.17, 15) is 9.59 Å². The maximum absolute atomic E-state index is 14.6. The van der Waals surface area contributed by atoms with Gasteiger partial charge in [0, 0.05) is 25.9 Å². The van der Waals surface area contributed by atoms with Crippen molar-refractivity contribution in [3.8, 4) is 34.5 Å². The van der Waals surface area contributed by atoms with Crippen LogP contribution in [0.3, 0.4) is 0 Å². The topological polar surface area (TPSA) is 148 Å². The summed E-state index contributed by atoms with van der Waals surface area (Å²) in [7, 11) is 0.654. The molecular formula is C56H57Br5N4O9Si. The maximum Gasteiger partial charge on any atom is 0.269 e. The molecule has 2 N–H and O–H groups in total. The third-order valence-corrected chi connectivity index (χ3v) is 20.0. The van der Waals surface area contributed by atoms with E-state index < -0.39 is 26.2 Å². The lowest BCUT2D eigenvalue weighted by molar-refractivity contribution is -0.116.